The highest BCUT2D eigenvalue weighted by molar-refractivity contribution is 5.98. The quantitative estimate of drug-likeness (QED) is 0.743. The smallest absolute Gasteiger partial charge is 0.346 e. The van der Waals surface area contributed by atoms with Crippen LogP contribution in [0.5, 0.6) is 11.5 Å². The van der Waals surface area contributed by atoms with E-state index in [1.165, 1.54) is 12.1 Å². The van der Waals surface area contributed by atoms with E-state index in [1.54, 1.807) is 20.8 Å². The van der Waals surface area contributed by atoms with E-state index < -0.39 is 11.9 Å². The molecule has 1 N–H and O–H groups in total. The molecule has 0 amide bonds. The van der Waals surface area contributed by atoms with Crippen LogP contribution >= 0.6 is 0 Å². The summed E-state index contributed by atoms with van der Waals surface area (Å²) >= 11 is 0. The SMILES string of the molecule is CCOc1cc(C(=O)O)cc(OCC)c1C(=O)OC(C)CC. The normalized spacial score (nSPS) is 11.6. The van der Waals surface area contributed by atoms with Crippen molar-refractivity contribution < 1.29 is 28.9 Å². The Kier molecular flexibility index (Phi) is 6.69. The molecule has 1 unspecified atom stereocenters. The molecule has 0 bridgehead atoms. The molecule has 1 rings (SSSR count). The zero-order chi connectivity index (χ0) is 16.7. The number of carbonyl (C=O) groups is 2. The average Bonchev–Trinajstić information content (AvgIpc) is 2.47. The molecular formula is C16H22O6. The van der Waals surface area contributed by atoms with Crippen LogP contribution in [0.2, 0.25) is 0 Å². The van der Waals surface area contributed by atoms with Crippen molar-refractivity contribution >= 4 is 11.9 Å². The van der Waals surface area contributed by atoms with Gasteiger partial charge in [0.2, 0.25) is 0 Å². The van der Waals surface area contributed by atoms with Crippen LogP contribution in [0.4, 0.5) is 0 Å². The van der Waals surface area contributed by atoms with Gasteiger partial charge in [0.05, 0.1) is 24.9 Å². The molecule has 6 nitrogen and oxygen atoms in total. The lowest BCUT2D eigenvalue weighted by atomic mass is 10.1. The monoisotopic (exact) mass is 310 g/mol. The summed E-state index contributed by atoms with van der Waals surface area (Å²) in [6, 6.07) is 2.61. The minimum atomic E-state index is -1.12. The standard InChI is InChI=1S/C16H22O6/c1-5-10(4)22-16(19)14-12(20-6-2)8-11(15(17)18)9-13(14)21-7-3/h8-10H,5-7H2,1-4H3,(H,17,18). The maximum absolute atomic E-state index is 12.4. The number of esters is 1. The summed E-state index contributed by atoms with van der Waals surface area (Å²) in [5.41, 5.74) is 0.112. The van der Waals surface area contributed by atoms with Crippen LogP contribution in [0.15, 0.2) is 12.1 Å². The number of carboxylic acid groups (broad SMARTS) is 1. The summed E-state index contributed by atoms with van der Waals surface area (Å²) in [7, 11) is 0. The van der Waals surface area contributed by atoms with Crippen LogP contribution in [-0.4, -0.2) is 36.4 Å². The van der Waals surface area contributed by atoms with E-state index in [1.807, 2.05) is 6.92 Å². The number of carbonyl (C=O) groups excluding carboxylic acids is 1. The predicted octanol–water partition coefficient (Wildman–Crippen LogP) is 3.14. The molecule has 1 atom stereocenters. The molecule has 1 aromatic rings. The summed E-state index contributed by atoms with van der Waals surface area (Å²) in [6.07, 6.45) is 0.419. The van der Waals surface area contributed by atoms with Gasteiger partial charge >= 0.3 is 11.9 Å². The van der Waals surface area contributed by atoms with Gasteiger partial charge in [0.15, 0.2) is 0 Å². The second-order valence-corrected chi connectivity index (χ2v) is 4.64. The second-order valence-electron chi connectivity index (χ2n) is 4.64. The fraction of sp³-hybridized carbons (Fsp3) is 0.500. The number of hydrogen-bond acceptors (Lipinski definition) is 5. The third-order valence-electron chi connectivity index (χ3n) is 3.00. The molecule has 0 aromatic heterocycles. The van der Waals surface area contributed by atoms with E-state index >= 15 is 0 Å². The van der Waals surface area contributed by atoms with Crippen LogP contribution in [0.25, 0.3) is 0 Å². The molecule has 6 heteroatoms. The summed E-state index contributed by atoms with van der Waals surface area (Å²) in [5.74, 6) is -1.40. The molecule has 0 aliphatic heterocycles. The zero-order valence-corrected chi connectivity index (χ0v) is 13.3. The van der Waals surface area contributed by atoms with E-state index in [2.05, 4.69) is 0 Å². The van der Waals surface area contributed by atoms with Gasteiger partial charge < -0.3 is 19.3 Å². The zero-order valence-electron chi connectivity index (χ0n) is 13.3. The number of aromatic carboxylic acids is 1. The molecule has 0 saturated carbocycles. The molecule has 0 fully saturated rings. The molecule has 22 heavy (non-hydrogen) atoms. The lowest BCUT2D eigenvalue weighted by Gasteiger charge is -2.17. The molecule has 0 aliphatic carbocycles. The molecule has 122 valence electrons. The highest BCUT2D eigenvalue weighted by atomic mass is 16.5. The molecule has 1 aromatic carbocycles. The van der Waals surface area contributed by atoms with Crippen molar-refractivity contribution in [1.29, 1.82) is 0 Å². The third kappa shape index (κ3) is 4.38. The van der Waals surface area contributed by atoms with Crippen molar-refractivity contribution in [3.05, 3.63) is 23.3 Å². The molecule has 0 radical (unpaired) electrons. The van der Waals surface area contributed by atoms with Gasteiger partial charge in [-0.3, -0.25) is 0 Å². The fourth-order valence-electron chi connectivity index (χ4n) is 1.78. The van der Waals surface area contributed by atoms with E-state index in [0.29, 0.717) is 6.42 Å². The molecule has 0 heterocycles. The first kappa shape index (κ1) is 17.8. The van der Waals surface area contributed by atoms with Gasteiger partial charge in [-0.25, -0.2) is 9.59 Å². The Morgan fingerprint density at radius 1 is 1.09 bits per heavy atom. The van der Waals surface area contributed by atoms with Gasteiger partial charge in [0.1, 0.15) is 17.1 Å². The van der Waals surface area contributed by atoms with Gasteiger partial charge in [-0.05, 0) is 39.3 Å². The van der Waals surface area contributed by atoms with Crippen molar-refractivity contribution in [2.24, 2.45) is 0 Å². The summed E-state index contributed by atoms with van der Waals surface area (Å²) in [5, 5.41) is 9.16. The number of carboxylic acids is 1. The first-order valence-electron chi connectivity index (χ1n) is 7.32. The Morgan fingerprint density at radius 3 is 1.95 bits per heavy atom. The largest absolute Gasteiger partial charge is 0.493 e. The van der Waals surface area contributed by atoms with Crippen molar-refractivity contribution in [3.8, 4) is 11.5 Å². The van der Waals surface area contributed by atoms with E-state index in [9.17, 15) is 9.59 Å². The van der Waals surface area contributed by atoms with Crippen LogP contribution in [0, 0.1) is 0 Å². The van der Waals surface area contributed by atoms with Crippen LogP contribution in [0.3, 0.4) is 0 Å². The molecule has 0 spiro atoms. The van der Waals surface area contributed by atoms with Crippen molar-refractivity contribution in [1.82, 2.24) is 0 Å². The summed E-state index contributed by atoms with van der Waals surface area (Å²) in [4.78, 5) is 23.5. The number of hydrogen-bond donors (Lipinski definition) is 1. The third-order valence-corrected chi connectivity index (χ3v) is 3.00. The first-order chi connectivity index (χ1) is 10.4. The Labute approximate surface area is 130 Å². The Hall–Kier alpha value is -2.24. The number of rotatable bonds is 8. The number of benzene rings is 1. The van der Waals surface area contributed by atoms with Gasteiger partial charge in [-0.1, -0.05) is 6.92 Å². The molecule has 0 aliphatic rings. The maximum atomic E-state index is 12.4. The average molecular weight is 310 g/mol. The van der Waals surface area contributed by atoms with Crippen molar-refractivity contribution in [3.63, 3.8) is 0 Å². The minimum absolute atomic E-state index is 0.00742. The Morgan fingerprint density at radius 2 is 1.59 bits per heavy atom. The maximum Gasteiger partial charge on any atom is 0.346 e. The van der Waals surface area contributed by atoms with Crippen molar-refractivity contribution in [2.75, 3.05) is 13.2 Å². The highest BCUT2D eigenvalue weighted by Crippen LogP contribution is 2.32. The van der Waals surface area contributed by atoms with E-state index in [4.69, 9.17) is 19.3 Å². The van der Waals surface area contributed by atoms with E-state index in [-0.39, 0.29) is 41.9 Å². The Balaban J connectivity index is 3.36. The highest BCUT2D eigenvalue weighted by Gasteiger charge is 2.24. The van der Waals surface area contributed by atoms with Crippen LogP contribution < -0.4 is 9.47 Å². The van der Waals surface area contributed by atoms with E-state index in [0.717, 1.165) is 0 Å². The lowest BCUT2D eigenvalue weighted by Crippen LogP contribution is -2.17. The van der Waals surface area contributed by atoms with Crippen LogP contribution in [-0.2, 0) is 4.74 Å². The fourth-order valence-corrected chi connectivity index (χ4v) is 1.78. The predicted molar refractivity (Wildman–Crippen MR) is 80.9 cm³/mol. The number of ether oxygens (including phenoxy) is 3. The van der Waals surface area contributed by atoms with Crippen molar-refractivity contribution in [2.45, 2.75) is 40.2 Å². The van der Waals surface area contributed by atoms with Gasteiger partial charge in [-0.15, -0.1) is 0 Å². The van der Waals surface area contributed by atoms with Gasteiger partial charge in [-0.2, -0.15) is 0 Å². The van der Waals surface area contributed by atoms with Crippen LogP contribution in [0.1, 0.15) is 54.8 Å². The second kappa shape index (κ2) is 8.26. The molecule has 0 saturated heterocycles. The Bertz CT molecular complexity index is 510. The topological polar surface area (TPSA) is 82.1 Å². The summed E-state index contributed by atoms with van der Waals surface area (Å²) in [6.45, 7) is 7.76. The van der Waals surface area contributed by atoms with Gasteiger partial charge in [0, 0.05) is 0 Å². The lowest BCUT2D eigenvalue weighted by molar-refractivity contribution is 0.0325. The first-order valence-corrected chi connectivity index (χ1v) is 7.32. The van der Waals surface area contributed by atoms with Gasteiger partial charge in [0.25, 0.3) is 0 Å². The minimum Gasteiger partial charge on any atom is -0.493 e. The molecular weight excluding hydrogens is 288 g/mol. The summed E-state index contributed by atoms with van der Waals surface area (Å²) < 4.78 is 16.1.